The number of halogens is 1. The van der Waals surface area contributed by atoms with Crippen LogP contribution in [0.25, 0.3) is 0 Å². The molecule has 122 valence electrons. The molecule has 1 aliphatic rings. The molecule has 1 heterocycles. The molecule has 1 N–H and O–H groups in total. The number of carbonyl (C=O) groups is 1. The molecule has 1 fully saturated rings. The molecule has 6 heteroatoms. The third-order valence-electron chi connectivity index (χ3n) is 3.84. The molecule has 1 aromatic carbocycles. The Labute approximate surface area is 140 Å². The average molecular weight is 371 g/mol. The van der Waals surface area contributed by atoms with Gasteiger partial charge in [-0.2, -0.15) is 0 Å². The summed E-state index contributed by atoms with van der Waals surface area (Å²) in [5.74, 6) is 0.889. The predicted octanol–water partition coefficient (Wildman–Crippen LogP) is 3.17. The number of hydrogen-bond donors (Lipinski definition) is 1. The molecule has 0 aliphatic carbocycles. The van der Waals surface area contributed by atoms with Crippen LogP contribution in [0.5, 0.6) is 5.75 Å². The maximum atomic E-state index is 11.7. The number of benzene rings is 1. The van der Waals surface area contributed by atoms with Gasteiger partial charge >= 0.3 is 6.09 Å². The maximum Gasteiger partial charge on any atom is 0.409 e. The van der Waals surface area contributed by atoms with Gasteiger partial charge in [0.05, 0.1) is 13.7 Å². The molecule has 1 aromatic rings. The number of methoxy groups -OCH3 is 1. The molecule has 1 aliphatic heterocycles. The highest BCUT2D eigenvalue weighted by Crippen LogP contribution is 2.23. The number of piperidine rings is 1. The van der Waals surface area contributed by atoms with E-state index in [4.69, 9.17) is 9.47 Å². The summed E-state index contributed by atoms with van der Waals surface area (Å²) < 4.78 is 11.5. The van der Waals surface area contributed by atoms with E-state index in [-0.39, 0.29) is 6.09 Å². The molecule has 1 amide bonds. The second kappa shape index (κ2) is 8.39. The lowest BCUT2D eigenvalue weighted by atomic mass is 10.0. The normalized spacial score (nSPS) is 15.7. The Morgan fingerprint density at radius 3 is 2.77 bits per heavy atom. The zero-order valence-corrected chi connectivity index (χ0v) is 14.7. The molecular formula is C16H23BrN2O3. The Kier molecular flexibility index (Phi) is 6.51. The fourth-order valence-corrected chi connectivity index (χ4v) is 3.03. The van der Waals surface area contributed by atoms with Crippen molar-refractivity contribution in [3.8, 4) is 5.75 Å². The number of likely N-dealkylation sites (tertiary alicyclic amines) is 1. The van der Waals surface area contributed by atoms with Crippen LogP contribution >= 0.6 is 15.9 Å². The van der Waals surface area contributed by atoms with Gasteiger partial charge < -0.3 is 19.7 Å². The standard InChI is InChI=1S/C16H23BrN2O3/c1-3-22-16(20)19-8-6-14(7-9-19)18-11-12-10-13(17)4-5-15(12)21-2/h4-5,10,14,18H,3,6-9,11H2,1-2H3. The second-order valence-corrected chi connectivity index (χ2v) is 6.21. The molecule has 0 radical (unpaired) electrons. The second-order valence-electron chi connectivity index (χ2n) is 5.30. The Bertz CT molecular complexity index is 502. The first-order valence-electron chi connectivity index (χ1n) is 7.61. The lowest BCUT2D eigenvalue weighted by Gasteiger charge is -2.31. The highest BCUT2D eigenvalue weighted by atomic mass is 79.9. The number of nitrogens with zero attached hydrogens (tertiary/aromatic N) is 1. The van der Waals surface area contributed by atoms with Gasteiger partial charge in [-0.05, 0) is 38.0 Å². The molecular weight excluding hydrogens is 348 g/mol. The van der Waals surface area contributed by atoms with Crippen molar-refractivity contribution >= 4 is 22.0 Å². The Morgan fingerprint density at radius 2 is 2.14 bits per heavy atom. The van der Waals surface area contributed by atoms with Gasteiger partial charge in [-0.15, -0.1) is 0 Å². The Balaban J connectivity index is 1.82. The zero-order valence-electron chi connectivity index (χ0n) is 13.1. The van der Waals surface area contributed by atoms with Gasteiger partial charge in [0, 0.05) is 35.7 Å². The fraction of sp³-hybridized carbons (Fsp3) is 0.562. The van der Waals surface area contributed by atoms with Crippen molar-refractivity contribution in [1.82, 2.24) is 10.2 Å². The fourth-order valence-electron chi connectivity index (χ4n) is 2.62. The minimum Gasteiger partial charge on any atom is -0.496 e. The summed E-state index contributed by atoms with van der Waals surface area (Å²) in [6.45, 7) is 4.50. The van der Waals surface area contributed by atoms with Crippen molar-refractivity contribution in [2.24, 2.45) is 0 Å². The molecule has 2 rings (SSSR count). The topological polar surface area (TPSA) is 50.8 Å². The van der Waals surface area contributed by atoms with E-state index < -0.39 is 0 Å². The van der Waals surface area contributed by atoms with Crippen molar-refractivity contribution < 1.29 is 14.3 Å². The number of amides is 1. The third-order valence-corrected chi connectivity index (χ3v) is 4.34. The van der Waals surface area contributed by atoms with Crippen LogP contribution < -0.4 is 10.1 Å². The van der Waals surface area contributed by atoms with E-state index in [0.717, 1.165) is 48.3 Å². The minimum atomic E-state index is -0.199. The van der Waals surface area contributed by atoms with Gasteiger partial charge in [-0.25, -0.2) is 4.79 Å². The monoisotopic (exact) mass is 370 g/mol. The lowest BCUT2D eigenvalue weighted by molar-refractivity contribution is 0.0950. The number of rotatable bonds is 5. The van der Waals surface area contributed by atoms with E-state index in [1.807, 2.05) is 19.1 Å². The molecule has 0 atom stereocenters. The van der Waals surface area contributed by atoms with Gasteiger partial charge in [-0.1, -0.05) is 15.9 Å². The van der Waals surface area contributed by atoms with Crippen LogP contribution in [-0.4, -0.2) is 43.8 Å². The quantitative estimate of drug-likeness (QED) is 0.864. The average Bonchev–Trinajstić information content (AvgIpc) is 2.54. The first-order valence-corrected chi connectivity index (χ1v) is 8.40. The van der Waals surface area contributed by atoms with Crippen molar-refractivity contribution in [2.75, 3.05) is 26.8 Å². The zero-order chi connectivity index (χ0) is 15.9. The molecule has 5 nitrogen and oxygen atoms in total. The van der Waals surface area contributed by atoms with E-state index in [1.165, 1.54) is 0 Å². The maximum absolute atomic E-state index is 11.7. The molecule has 0 spiro atoms. The van der Waals surface area contributed by atoms with Crippen molar-refractivity contribution in [3.63, 3.8) is 0 Å². The minimum absolute atomic E-state index is 0.199. The molecule has 0 aromatic heterocycles. The summed E-state index contributed by atoms with van der Waals surface area (Å²) in [6, 6.07) is 6.42. The summed E-state index contributed by atoms with van der Waals surface area (Å²) >= 11 is 3.49. The van der Waals surface area contributed by atoms with E-state index >= 15 is 0 Å². The van der Waals surface area contributed by atoms with Crippen molar-refractivity contribution in [3.05, 3.63) is 28.2 Å². The SMILES string of the molecule is CCOC(=O)N1CCC(NCc2cc(Br)ccc2OC)CC1. The molecule has 0 saturated carbocycles. The van der Waals surface area contributed by atoms with Crippen LogP contribution in [0.15, 0.2) is 22.7 Å². The number of hydrogen-bond acceptors (Lipinski definition) is 4. The van der Waals surface area contributed by atoms with Gasteiger partial charge in [0.15, 0.2) is 0 Å². The van der Waals surface area contributed by atoms with E-state index in [2.05, 4.69) is 27.3 Å². The van der Waals surface area contributed by atoms with Crippen LogP contribution in [0.2, 0.25) is 0 Å². The number of carbonyl (C=O) groups excluding carboxylic acids is 1. The highest BCUT2D eigenvalue weighted by molar-refractivity contribution is 9.10. The first kappa shape index (κ1) is 17.1. The summed E-state index contributed by atoms with van der Waals surface area (Å²) in [4.78, 5) is 13.4. The lowest BCUT2D eigenvalue weighted by Crippen LogP contribution is -2.44. The third kappa shape index (κ3) is 4.61. The van der Waals surface area contributed by atoms with Crippen molar-refractivity contribution in [1.29, 1.82) is 0 Å². The molecule has 22 heavy (non-hydrogen) atoms. The van der Waals surface area contributed by atoms with Gasteiger partial charge in [0.2, 0.25) is 0 Å². The van der Waals surface area contributed by atoms with Crippen LogP contribution in [0, 0.1) is 0 Å². The number of ether oxygens (including phenoxy) is 2. The van der Waals surface area contributed by atoms with E-state index in [0.29, 0.717) is 12.6 Å². The van der Waals surface area contributed by atoms with E-state index in [9.17, 15) is 4.79 Å². The van der Waals surface area contributed by atoms with Crippen LogP contribution in [0.4, 0.5) is 4.79 Å². The highest BCUT2D eigenvalue weighted by Gasteiger charge is 2.23. The smallest absolute Gasteiger partial charge is 0.409 e. The van der Waals surface area contributed by atoms with Crippen molar-refractivity contribution in [2.45, 2.75) is 32.4 Å². The Hall–Kier alpha value is -1.27. The first-order chi connectivity index (χ1) is 10.6. The summed E-state index contributed by atoms with van der Waals surface area (Å²) in [7, 11) is 1.69. The van der Waals surface area contributed by atoms with Crippen LogP contribution in [0.3, 0.4) is 0 Å². The summed E-state index contributed by atoms with van der Waals surface area (Å²) in [5, 5.41) is 3.55. The number of nitrogens with one attached hydrogen (secondary N) is 1. The van der Waals surface area contributed by atoms with E-state index in [1.54, 1.807) is 12.0 Å². The molecule has 0 unspecified atom stereocenters. The molecule has 0 bridgehead atoms. The summed E-state index contributed by atoms with van der Waals surface area (Å²) in [6.07, 6.45) is 1.68. The Morgan fingerprint density at radius 1 is 1.41 bits per heavy atom. The van der Waals surface area contributed by atoms with Crippen LogP contribution in [0.1, 0.15) is 25.3 Å². The van der Waals surface area contributed by atoms with Gasteiger partial charge in [0.1, 0.15) is 5.75 Å². The molecule has 1 saturated heterocycles. The van der Waals surface area contributed by atoms with Gasteiger partial charge in [0.25, 0.3) is 0 Å². The predicted molar refractivity (Wildman–Crippen MR) is 89.2 cm³/mol. The van der Waals surface area contributed by atoms with Gasteiger partial charge in [-0.3, -0.25) is 0 Å². The summed E-state index contributed by atoms with van der Waals surface area (Å²) in [5.41, 5.74) is 1.13. The largest absolute Gasteiger partial charge is 0.496 e. The van der Waals surface area contributed by atoms with Crippen LogP contribution in [-0.2, 0) is 11.3 Å².